The summed E-state index contributed by atoms with van der Waals surface area (Å²) >= 11 is 0. The summed E-state index contributed by atoms with van der Waals surface area (Å²) in [7, 11) is 30.5. The van der Waals surface area contributed by atoms with Gasteiger partial charge in [-0.2, -0.15) is 0 Å². The summed E-state index contributed by atoms with van der Waals surface area (Å²) in [5.41, 5.74) is 0. The van der Waals surface area contributed by atoms with Crippen LogP contribution in [0.5, 0.6) is 0 Å². The van der Waals surface area contributed by atoms with E-state index in [0.29, 0.717) is 12.8 Å². The number of likely N-dealkylation sites (N-methyl/N-ethyl adjacent to an activating group) is 3. The molecular formula is C96H179N3O31. The number of esters is 2. The van der Waals surface area contributed by atoms with Crippen LogP contribution in [0.25, 0.3) is 0 Å². The molecule has 34 nitrogen and oxygen atoms in total. The van der Waals surface area contributed by atoms with Crippen molar-refractivity contribution >= 4 is 29.7 Å². The molecule has 0 saturated carbocycles. The van der Waals surface area contributed by atoms with Gasteiger partial charge in [-0.05, 0) is 25.7 Å². The Kier molecular flexibility index (Phi) is 60.3. The molecule has 0 spiro atoms. The Balaban J connectivity index is 1.85. The first-order valence-corrected chi connectivity index (χ1v) is 48.2. The fourth-order valence-electron chi connectivity index (χ4n) is 19.3. The molecule has 4 rings (SSSR count). The number of hydrogen-bond donors (Lipinski definition) is 0. The highest BCUT2D eigenvalue weighted by Crippen LogP contribution is 2.46. The summed E-state index contributed by atoms with van der Waals surface area (Å²) < 4.78 is 166. The third-order valence-corrected chi connectivity index (χ3v) is 27.2. The standard InChI is InChI=1S/C96H179N3O31/c1-27-29-30-31-32-33-34-35-36-37-38-39-40-41-42-43-44-47-51-54-57-70(109-13)90(102)98(7)68(80(113-17)69(108-12)56-53-50-48-45-46-49-52-55-65(3)28-2)60-123-91-88(119-23)87(118-22)83(116-20)75(126-91)63-124-95(93(103)121-25)59-72(78(97(6)67(5)100)85(129-95)81(114-18)73(111-15)61-105-9)128-96(94(104)122-26)58-71(110-14)77(99(8)76(101)64-107-11)84(130-96)82(115-19)74(62-106-10)127-92-89(120-24)86(117-21)79(112-16)66(4)125-92/h65-66,68-75,77-89,91-92H,27-64H2,1-26H3/t65?,66-,68-,69+,70+,71-,72-,73+,74+,75+,77+,78+,79+,80-,81+,82+,83+,84+,85+,86+,87-,88+,89-,91+,92-,95+,96+/m0/s1. The lowest BCUT2D eigenvalue weighted by molar-refractivity contribution is -0.377. The average molecular weight is 1870 g/mol. The second-order valence-electron chi connectivity index (χ2n) is 35.7. The van der Waals surface area contributed by atoms with Crippen molar-refractivity contribution in [1.29, 1.82) is 0 Å². The molecule has 4 aliphatic heterocycles. The van der Waals surface area contributed by atoms with E-state index in [1.807, 2.05) is 0 Å². The van der Waals surface area contributed by atoms with E-state index in [4.69, 9.17) is 123 Å². The van der Waals surface area contributed by atoms with E-state index in [1.54, 1.807) is 40.2 Å². The first-order valence-electron chi connectivity index (χ1n) is 48.2. The molecule has 27 atom stereocenters. The van der Waals surface area contributed by atoms with Crippen molar-refractivity contribution in [3.8, 4) is 0 Å². The molecule has 130 heavy (non-hydrogen) atoms. The number of methoxy groups -OCH3 is 18. The largest absolute Gasteiger partial charge is 0.465 e. The number of unbranched alkanes of at least 4 members (excludes halogenated alkanes) is 25. The van der Waals surface area contributed by atoms with E-state index in [1.165, 1.54) is 258 Å². The number of rotatable bonds is 73. The molecule has 0 bridgehead atoms. The summed E-state index contributed by atoms with van der Waals surface area (Å²) in [5.74, 6) is -8.23. The lowest BCUT2D eigenvalue weighted by Gasteiger charge is -2.55. The maximum atomic E-state index is 15.7. The summed E-state index contributed by atoms with van der Waals surface area (Å²) in [6, 6.07) is -3.42. The fraction of sp³-hybridized carbons (Fsp3) is 0.948. The van der Waals surface area contributed by atoms with Crippen molar-refractivity contribution in [2.75, 3.05) is 182 Å². The topological polar surface area (TPSA) is 335 Å². The van der Waals surface area contributed by atoms with Gasteiger partial charge in [-0.1, -0.05) is 207 Å². The van der Waals surface area contributed by atoms with E-state index in [-0.39, 0.29) is 25.7 Å². The van der Waals surface area contributed by atoms with Crippen LogP contribution in [0.1, 0.15) is 247 Å². The van der Waals surface area contributed by atoms with Gasteiger partial charge in [0.2, 0.25) is 11.8 Å². The maximum absolute atomic E-state index is 15.7. The van der Waals surface area contributed by atoms with Crippen LogP contribution in [0.15, 0.2) is 0 Å². The van der Waals surface area contributed by atoms with E-state index in [9.17, 15) is 9.59 Å². The Bertz CT molecular complexity index is 2980. The van der Waals surface area contributed by atoms with Gasteiger partial charge in [-0.15, -0.1) is 0 Å². The van der Waals surface area contributed by atoms with Crippen LogP contribution in [-0.4, -0.2) is 385 Å². The number of hydrogen-bond acceptors (Lipinski definition) is 31. The zero-order valence-corrected chi connectivity index (χ0v) is 84.8. The van der Waals surface area contributed by atoms with Gasteiger partial charge in [0, 0.05) is 155 Å². The Hall–Kier alpha value is -3.61. The monoisotopic (exact) mass is 1870 g/mol. The molecule has 0 aromatic carbocycles. The van der Waals surface area contributed by atoms with Crippen molar-refractivity contribution in [2.24, 2.45) is 5.92 Å². The smallest absolute Gasteiger partial charge is 0.366 e. The van der Waals surface area contributed by atoms with E-state index < -0.39 is 208 Å². The minimum absolute atomic E-state index is 0.135. The van der Waals surface area contributed by atoms with Crippen LogP contribution in [-0.2, 0) is 147 Å². The van der Waals surface area contributed by atoms with Gasteiger partial charge in [0.15, 0.2) is 12.6 Å². The van der Waals surface area contributed by atoms with Crippen LogP contribution in [0.4, 0.5) is 0 Å². The first kappa shape index (κ1) is 119. The number of nitrogens with zero attached hydrogens (tertiary/aromatic N) is 3. The highest BCUT2D eigenvalue weighted by Gasteiger charge is 2.66. The highest BCUT2D eigenvalue weighted by atomic mass is 16.8. The first-order chi connectivity index (χ1) is 62.7. The maximum Gasteiger partial charge on any atom is 0.366 e. The molecule has 4 heterocycles. The third-order valence-electron chi connectivity index (χ3n) is 27.2. The van der Waals surface area contributed by atoms with Crippen molar-refractivity contribution in [3.63, 3.8) is 0 Å². The van der Waals surface area contributed by atoms with Crippen molar-refractivity contribution in [3.05, 3.63) is 0 Å². The zero-order chi connectivity index (χ0) is 96.3. The van der Waals surface area contributed by atoms with Gasteiger partial charge in [0.1, 0.15) is 98.2 Å². The normalized spacial score (nSPS) is 28.2. The van der Waals surface area contributed by atoms with E-state index in [0.717, 1.165) is 71.5 Å². The van der Waals surface area contributed by atoms with Gasteiger partial charge < -0.3 is 138 Å². The van der Waals surface area contributed by atoms with Crippen LogP contribution >= 0.6 is 0 Å². The minimum Gasteiger partial charge on any atom is -0.465 e. The van der Waals surface area contributed by atoms with Gasteiger partial charge in [0.05, 0.1) is 83.2 Å². The predicted octanol–water partition coefficient (Wildman–Crippen LogP) is 12.0. The summed E-state index contributed by atoms with van der Waals surface area (Å²) in [6.07, 6.45) is 12.5. The van der Waals surface area contributed by atoms with E-state index >= 15 is 14.4 Å². The molecule has 4 saturated heterocycles. The number of carbonyl (C=O) groups is 5. The molecule has 1 unspecified atom stereocenters. The molecule has 0 aromatic heterocycles. The second kappa shape index (κ2) is 66.0. The molecule has 34 heteroatoms. The van der Waals surface area contributed by atoms with Gasteiger partial charge >= 0.3 is 11.9 Å². The molecule has 0 aliphatic carbocycles. The van der Waals surface area contributed by atoms with Gasteiger partial charge in [0.25, 0.3) is 17.5 Å². The van der Waals surface area contributed by atoms with Gasteiger partial charge in [-0.3, -0.25) is 14.4 Å². The van der Waals surface area contributed by atoms with E-state index in [2.05, 4.69) is 20.8 Å². The average Bonchev–Trinajstić information content (AvgIpc) is 0.729. The van der Waals surface area contributed by atoms with Crippen molar-refractivity contribution in [1.82, 2.24) is 14.7 Å². The minimum atomic E-state index is -2.68. The quantitative estimate of drug-likeness (QED) is 0.0403. The predicted molar refractivity (Wildman–Crippen MR) is 488 cm³/mol. The molecule has 0 aromatic rings. The summed E-state index contributed by atoms with van der Waals surface area (Å²) in [6.45, 7) is 8.37. The number of ether oxygens (including phenoxy) is 26. The van der Waals surface area contributed by atoms with Crippen LogP contribution in [0, 0.1) is 5.92 Å². The Morgan fingerprint density at radius 2 is 0.877 bits per heavy atom. The SMILES string of the molecule is CCCCCCCCCCCCCCCCCCCCCC[C@@H](OC)C(=O)N(C)[C@@H](CO[C@@H]1O[C@H](CO[C@]2(C(=O)OC)C[C@H](O[C@]3(C(=O)OC)C[C@H](OC)[C@@H](N(C)C(=O)COC)[C@H]([C@H](OC)[C@@H](COC)O[C@@H]4O[C@@H](C)[C@@H](OC)[C@@H](OC)[C@@H]4OC)O3)[C@@H](N(C)C(C)=O)[C@H]([C@H](OC)[C@@H](COC)OC)O2)[C@@H](OC)[C@H](OC)[C@H]1OC)[C@H](OC)[C@@H](CCCCCCCCCC(C)CC)OC. The molecule has 4 aliphatic rings. The van der Waals surface area contributed by atoms with Crippen molar-refractivity contribution in [2.45, 2.75) is 405 Å². The molecular weight excluding hydrogens is 1690 g/mol. The molecule has 4 fully saturated rings. The lowest BCUT2D eigenvalue weighted by atomic mass is 9.85. The van der Waals surface area contributed by atoms with Gasteiger partial charge in [-0.25, -0.2) is 9.59 Å². The molecule has 0 radical (unpaired) electrons. The Morgan fingerprint density at radius 3 is 1.32 bits per heavy atom. The third kappa shape index (κ3) is 35.4. The molecule has 0 N–H and O–H groups in total. The fourth-order valence-corrected chi connectivity index (χ4v) is 19.3. The zero-order valence-electron chi connectivity index (χ0n) is 84.8. The summed E-state index contributed by atoms with van der Waals surface area (Å²) in [4.78, 5) is 79.7. The summed E-state index contributed by atoms with van der Waals surface area (Å²) in [5, 5.41) is 0. The number of carbonyl (C=O) groups excluding carboxylic acids is 5. The lowest BCUT2D eigenvalue weighted by Crippen LogP contribution is -2.73. The second-order valence-corrected chi connectivity index (χ2v) is 35.7. The number of amides is 3. The highest BCUT2D eigenvalue weighted by molar-refractivity contribution is 5.81. The van der Waals surface area contributed by atoms with Crippen molar-refractivity contribution < 1.29 is 147 Å². The molecule has 764 valence electrons. The van der Waals surface area contributed by atoms with Crippen LogP contribution < -0.4 is 0 Å². The van der Waals surface area contributed by atoms with Crippen LogP contribution in [0.3, 0.4) is 0 Å². The Labute approximate surface area is 780 Å². The Morgan fingerprint density at radius 1 is 0.431 bits per heavy atom. The molecule has 3 amide bonds. The van der Waals surface area contributed by atoms with Crippen LogP contribution in [0.2, 0.25) is 0 Å².